The van der Waals surface area contributed by atoms with E-state index in [9.17, 15) is 8.42 Å². The first-order valence-electron chi connectivity index (χ1n) is 6.36. The summed E-state index contributed by atoms with van der Waals surface area (Å²) < 4.78 is 36.8. The summed E-state index contributed by atoms with van der Waals surface area (Å²) in [5.74, 6) is 0.823. The van der Waals surface area contributed by atoms with Crippen molar-refractivity contribution in [3.63, 3.8) is 0 Å². The van der Waals surface area contributed by atoms with Gasteiger partial charge in [0.2, 0.25) is 0 Å². The number of methoxy groups -OCH3 is 2. The third kappa shape index (κ3) is 3.13. The molecule has 0 unspecified atom stereocenters. The normalized spacial score (nSPS) is 11.1. The van der Waals surface area contributed by atoms with Crippen LogP contribution in [0.2, 0.25) is 5.02 Å². The molecule has 0 atom stereocenters. The maximum absolute atomic E-state index is 12.7. The first-order valence-corrected chi connectivity index (χ1v) is 8.18. The molecule has 0 amide bonds. The highest BCUT2D eigenvalue weighted by atomic mass is 35.5. The van der Waals surface area contributed by atoms with Crippen molar-refractivity contribution in [2.24, 2.45) is 0 Å². The topological polar surface area (TPSA) is 55.8 Å². The molecule has 0 radical (unpaired) electrons. The quantitative estimate of drug-likeness (QED) is 0.838. The number of halogens is 1. The van der Waals surface area contributed by atoms with Gasteiger partial charge in [0, 0.05) is 18.1 Å². The zero-order valence-electron chi connectivity index (χ0n) is 12.4. The molecule has 118 valence electrons. The second-order valence-electron chi connectivity index (χ2n) is 4.47. The number of nitrogens with zero attached hydrogens (tertiary/aromatic N) is 1. The molecule has 0 heterocycles. The number of benzene rings is 2. The number of hydrogen-bond donors (Lipinski definition) is 0. The molecule has 2 aromatic carbocycles. The first-order chi connectivity index (χ1) is 10.4. The van der Waals surface area contributed by atoms with E-state index in [-0.39, 0.29) is 4.90 Å². The van der Waals surface area contributed by atoms with Gasteiger partial charge in [-0.25, -0.2) is 8.42 Å². The van der Waals surface area contributed by atoms with Crippen LogP contribution < -0.4 is 13.8 Å². The van der Waals surface area contributed by atoms with Crippen molar-refractivity contribution < 1.29 is 17.9 Å². The zero-order valence-corrected chi connectivity index (χ0v) is 14.0. The van der Waals surface area contributed by atoms with Crippen molar-refractivity contribution in [1.29, 1.82) is 0 Å². The number of anilines is 1. The van der Waals surface area contributed by atoms with E-state index in [1.54, 1.807) is 30.3 Å². The minimum absolute atomic E-state index is 0.114. The summed E-state index contributed by atoms with van der Waals surface area (Å²) >= 11 is 5.82. The number of sulfonamides is 1. The average molecular weight is 342 g/mol. The minimum atomic E-state index is -3.71. The van der Waals surface area contributed by atoms with Gasteiger partial charge in [0.05, 0.1) is 24.8 Å². The molecule has 0 aliphatic heterocycles. The van der Waals surface area contributed by atoms with Crippen molar-refractivity contribution in [3.8, 4) is 11.5 Å². The Bertz CT molecular complexity index is 760. The Balaban J connectivity index is 2.43. The van der Waals surface area contributed by atoms with Crippen LogP contribution in [-0.4, -0.2) is 29.7 Å². The maximum Gasteiger partial charge on any atom is 0.264 e. The molecule has 7 heteroatoms. The SMILES string of the molecule is COc1ccc(S(=O)(=O)N(C)c2ccc(Cl)cc2)cc1OC. The van der Waals surface area contributed by atoms with Crippen LogP contribution in [0.15, 0.2) is 47.4 Å². The van der Waals surface area contributed by atoms with Crippen LogP contribution in [-0.2, 0) is 10.0 Å². The Kier molecular flexibility index (Phi) is 4.83. The van der Waals surface area contributed by atoms with Gasteiger partial charge >= 0.3 is 0 Å². The molecule has 0 bridgehead atoms. The molecule has 22 heavy (non-hydrogen) atoms. The Morgan fingerprint density at radius 3 is 2.09 bits per heavy atom. The molecule has 0 aliphatic rings. The van der Waals surface area contributed by atoms with Crippen molar-refractivity contribution >= 4 is 27.3 Å². The summed E-state index contributed by atoms with van der Waals surface area (Å²) in [5.41, 5.74) is 0.513. The number of ether oxygens (including phenoxy) is 2. The molecule has 2 aromatic rings. The summed E-state index contributed by atoms with van der Waals surface area (Å²) in [4.78, 5) is 0.114. The maximum atomic E-state index is 12.7. The van der Waals surface area contributed by atoms with Gasteiger partial charge in [-0.2, -0.15) is 0 Å². The molecule has 0 saturated heterocycles. The van der Waals surface area contributed by atoms with E-state index in [1.807, 2.05) is 0 Å². The molecule has 0 N–H and O–H groups in total. The summed E-state index contributed by atoms with van der Waals surface area (Å²) in [5, 5.41) is 0.542. The summed E-state index contributed by atoms with van der Waals surface area (Å²) in [6.07, 6.45) is 0. The van der Waals surface area contributed by atoms with E-state index in [4.69, 9.17) is 21.1 Å². The lowest BCUT2D eigenvalue weighted by Crippen LogP contribution is -2.26. The number of hydrogen-bond acceptors (Lipinski definition) is 4. The van der Waals surface area contributed by atoms with Gasteiger partial charge in [-0.05, 0) is 36.4 Å². The Hall–Kier alpha value is -1.92. The molecule has 0 saturated carbocycles. The highest BCUT2D eigenvalue weighted by Crippen LogP contribution is 2.31. The fourth-order valence-electron chi connectivity index (χ4n) is 1.92. The van der Waals surface area contributed by atoms with Gasteiger partial charge in [0.15, 0.2) is 11.5 Å². The lowest BCUT2D eigenvalue weighted by Gasteiger charge is -2.20. The average Bonchev–Trinajstić information content (AvgIpc) is 2.54. The fourth-order valence-corrected chi connectivity index (χ4v) is 3.26. The van der Waals surface area contributed by atoms with Crippen LogP contribution in [0.3, 0.4) is 0 Å². The van der Waals surface area contributed by atoms with E-state index in [2.05, 4.69) is 0 Å². The minimum Gasteiger partial charge on any atom is -0.493 e. The lowest BCUT2D eigenvalue weighted by molar-refractivity contribution is 0.354. The molecule has 0 fully saturated rings. The molecule has 0 aliphatic carbocycles. The van der Waals surface area contributed by atoms with Gasteiger partial charge in [0.25, 0.3) is 10.0 Å². The van der Waals surface area contributed by atoms with Crippen molar-refractivity contribution in [2.45, 2.75) is 4.90 Å². The molecular weight excluding hydrogens is 326 g/mol. The van der Waals surface area contributed by atoms with E-state index in [1.165, 1.54) is 37.7 Å². The zero-order chi connectivity index (χ0) is 16.3. The smallest absolute Gasteiger partial charge is 0.264 e. The van der Waals surface area contributed by atoms with Crippen LogP contribution in [0.4, 0.5) is 5.69 Å². The summed E-state index contributed by atoms with van der Waals surface area (Å²) in [7, 11) is 0.721. The molecule has 0 aromatic heterocycles. The lowest BCUT2D eigenvalue weighted by atomic mass is 10.3. The van der Waals surface area contributed by atoms with Gasteiger partial charge in [0.1, 0.15) is 0 Å². The summed E-state index contributed by atoms with van der Waals surface area (Å²) in [6, 6.07) is 11.0. The second-order valence-corrected chi connectivity index (χ2v) is 6.87. The monoisotopic (exact) mass is 341 g/mol. The third-order valence-electron chi connectivity index (χ3n) is 3.20. The molecule has 0 spiro atoms. The fraction of sp³-hybridized carbons (Fsp3) is 0.200. The van der Waals surface area contributed by atoms with Crippen molar-refractivity contribution in [2.75, 3.05) is 25.6 Å². The number of rotatable bonds is 5. The largest absolute Gasteiger partial charge is 0.493 e. The van der Waals surface area contributed by atoms with Crippen LogP contribution in [0.5, 0.6) is 11.5 Å². The first kappa shape index (κ1) is 16.5. The predicted molar refractivity (Wildman–Crippen MR) is 86.6 cm³/mol. The van der Waals surface area contributed by atoms with Crippen LogP contribution in [0, 0.1) is 0 Å². The van der Waals surface area contributed by atoms with Crippen molar-refractivity contribution in [1.82, 2.24) is 0 Å². The second kappa shape index (κ2) is 6.46. The van der Waals surface area contributed by atoms with E-state index in [0.717, 1.165) is 0 Å². The highest BCUT2D eigenvalue weighted by Gasteiger charge is 2.23. The van der Waals surface area contributed by atoms with Crippen LogP contribution in [0.1, 0.15) is 0 Å². The predicted octanol–water partition coefficient (Wildman–Crippen LogP) is 3.18. The molecule has 5 nitrogen and oxygen atoms in total. The van der Waals surface area contributed by atoms with E-state index in [0.29, 0.717) is 22.2 Å². The molecular formula is C15H16ClNO4S. The standard InChI is InChI=1S/C15H16ClNO4S/c1-17(12-6-4-11(16)5-7-12)22(18,19)13-8-9-14(20-2)15(10-13)21-3/h4-10H,1-3H3. The van der Waals surface area contributed by atoms with Gasteiger partial charge < -0.3 is 9.47 Å². The van der Waals surface area contributed by atoms with Gasteiger partial charge in [-0.3, -0.25) is 4.31 Å². The highest BCUT2D eigenvalue weighted by molar-refractivity contribution is 7.92. The third-order valence-corrected chi connectivity index (χ3v) is 5.24. The van der Waals surface area contributed by atoms with Gasteiger partial charge in [-0.1, -0.05) is 11.6 Å². The van der Waals surface area contributed by atoms with Crippen LogP contribution in [0.25, 0.3) is 0 Å². The Labute approximate surface area is 135 Å². The van der Waals surface area contributed by atoms with E-state index < -0.39 is 10.0 Å². The van der Waals surface area contributed by atoms with Crippen molar-refractivity contribution in [3.05, 3.63) is 47.5 Å². The van der Waals surface area contributed by atoms with Gasteiger partial charge in [-0.15, -0.1) is 0 Å². The van der Waals surface area contributed by atoms with Crippen LogP contribution >= 0.6 is 11.6 Å². The van der Waals surface area contributed by atoms with E-state index >= 15 is 0 Å². The molecule has 2 rings (SSSR count). The Morgan fingerprint density at radius 1 is 0.955 bits per heavy atom. The summed E-state index contributed by atoms with van der Waals surface area (Å²) in [6.45, 7) is 0. The Morgan fingerprint density at radius 2 is 1.55 bits per heavy atom.